The third kappa shape index (κ3) is 2.40. The highest BCUT2D eigenvalue weighted by molar-refractivity contribution is 5.67. The van der Waals surface area contributed by atoms with E-state index in [9.17, 15) is 5.11 Å². The van der Waals surface area contributed by atoms with Crippen LogP contribution in [0, 0.1) is 5.92 Å². The van der Waals surface area contributed by atoms with Crippen molar-refractivity contribution >= 4 is 0 Å². The highest BCUT2D eigenvalue weighted by atomic mass is 16.3. The van der Waals surface area contributed by atoms with Gasteiger partial charge in [-0.3, -0.25) is 4.68 Å². The minimum atomic E-state index is 0.330. The Hall–Kier alpha value is -1.77. The molecule has 3 nitrogen and oxygen atoms in total. The van der Waals surface area contributed by atoms with Gasteiger partial charge in [0.2, 0.25) is 0 Å². The number of aryl methyl sites for hydroxylation is 1. The van der Waals surface area contributed by atoms with Crippen LogP contribution in [0.1, 0.15) is 26.5 Å². The lowest BCUT2D eigenvalue weighted by Crippen LogP contribution is -2.05. The van der Waals surface area contributed by atoms with E-state index in [-0.39, 0.29) is 0 Å². The lowest BCUT2D eigenvalue weighted by atomic mass is 10.1. The molecule has 0 bridgehead atoms. The van der Waals surface area contributed by atoms with Gasteiger partial charge in [0, 0.05) is 12.1 Å². The smallest absolute Gasteiger partial charge is 0.164 e. The maximum absolute atomic E-state index is 10.4. The van der Waals surface area contributed by atoms with Crippen molar-refractivity contribution in [1.82, 2.24) is 9.78 Å². The van der Waals surface area contributed by atoms with Crippen molar-refractivity contribution in [2.75, 3.05) is 0 Å². The van der Waals surface area contributed by atoms with Gasteiger partial charge in [0.1, 0.15) is 5.69 Å². The fourth-order valence-corrected chi connectivity index (χ4v) is 2.13. The summed E-state index contributed by atoms with van der Waals surface area (Å²) in [5.41, 5.74) is 2.59. The monoisotopic (exact) mass is 244 g/mol. The summed E-state index contributed by atoms with van der Waals surface area (Å²) in [6.07, 6.45) is 0.847. The topological polar surface area (TPSA) is 38.0 Å². The average molecular weight is 244 g/mol. The van der Waals surface area contributed by atoms with Crippen molar-refractivity contribution in [2.24, 2.45) is 5.92 Å². The first-order valence-electron chi connectivity index (χ1n) is 6.47. The Morgan fingerprint density at radius 2 is 1.89 bits per heavy atom. The van der Waals surface area contributed by atoms with Gasteiger partial charge in [-0.2, -0.15) is 5.10 Å². The summed E-state index contributed by atoms with van der Waals surface area (Å²) in [4.78, 5) is 0. The van der Waals surface area contributed by atoms with Crippen LogP contribution in [0.15, 0.2) is 30.3 Å². The molecule has 1 aromatic heterocycles. The molecular formula is C15H20N2O. The largest absolute Gasteiger partial charge is 0.504 e. The van der Waals surface area contributed by atoms with Gasteiger partial charge >= 0.3 is 0 Å². The summed E-state index contributed by atoms with van der Waals surface area (Å²) in [5, 5.41) is 14.9. The number of nitrogens with zero attached hydrogens (tertiary/aromatic N) is 2. The van der Waals surface area contributed by atoms with E-state index in [2.05, 4.69) is 18.9 Å². The normalized spacial score (nSPS) is 11.1. The highest BCUT2D eigenvalue weighted by Crippen LogP contribution is 2.32. The molecule has 0 spiro atoms. The quantitative estimate of drug-likeness (QED) is 0.894. The van der Waals surface area contributed by atoms with Crippen molar-refractivity contribution in [3.8, 4) is 17.0 Å². The van der Waals surface area contributed by atoms with Crippen LogP contribution < -0.4 is 0 Å². The number of hydrogen-bond donors (Lipinski definition) is 1. The molecule has 0 fully saturated rings. The predicted molar refractivity (Wildman–Crippen MR) is 73.5 cm³/mol. The summed E-state index contributed by atoms with van der Waals surface area (Å²) in [6, 6.07) is 9.83. The highest BCUT2D eigenvalue weighted by Gasteiger charge is 2.18. The molecule has 3 heteroatoms. The maximum atomic E-state index is 10.4. The van der Waals surface area contributed by atoms with E-state index in [4.69, 9.17) is 0 Å². The van der Waals surface area contributed by atoms with Gasteiger partial charge < -0.3 is 5.11 Å². The zero-order valence-corrected chi connectivity index (χ0v) is 11.2. The van der Waals surface area contributed by atoms with E-state index < -0.39 is 0 Å². The summed E-state index contributed by atoms with van der Waals surface area (Å²) < 4.78 is 1.90. The predicted octanol–water partition coefficient (Wildman–Crippen LogP) is 3.47. The second-order valence-corrected chi connectivity index (χ2v) is 4.92. The van der Waals surface area contributed by atoms with Crippen molar-refractivity contribution in [1.29, 1.82) is 0 Å². The second kappa shape index (κ2) is 5.25. The van der Waals surface area contributed by atoms with Crippen molar-refractivity contribution < 1.29 is 5.11 Å². The van der Waals surface area contributed by atoms with Gasteiger partial charge in [-0.05, 0) is 19.3 Å². The zero-order chi connectivity index (χ0) is 13.1. The van der Waals surface area contributed by atoms with Gasteiger partial charge in [0.25, 0.3) is 0 Å². The zero-order valence-electron chi connectivity index (χ0n) is 11.2. The molecule has 1 aromatic carbocycles. The van der Waals surface area contributed by atoms with Gasteiger partial charge in [0.15, 0.2) is 5.75 Å². The summed E-state index contributed by atoms with van der Waals surface area (Å²) in [7, 11) is 0. The lowest BCUT2D eigenvalue weighted by Gasteiger charge is -2.07. The first kappa shape index (κ1) is 12.7. The molecule has 0 radical (unpaired) electrons. The average Bonchev–Trinajstić information content (AvgIpc) is 2.67. The van der Waals surface area contributed by atoms with Gasteiger partial charge in [-0.25, -0.2) is 0 Å². The third-order valence-electron chi connectivity index (χ3n) is 2.98. The summed E-state index contributed by atoms with van der Waals surface area (Å²) >= 11 is 0. The molecule has 0 aliphatic rings. The molecule has 0 aliphatic carbocycles. The number of benzene rings is 1. The molecule has 0 unspecified atom stereocenters. The molecule has 0 amide bonds. The Morgan fingerprint density at radius 1 is 1.22 bits per heavy atom. The van der Waals surface area contributed by atoms with Crippen LogP contribution >= 0.6 is 0 Å². The van der Waals surface area contributed by atoms with Gasteiger partial charge in [-0.1, -0.05) is 44.2 Å². The van der Waals surface area contributed by atoms with Crippen LogP contribution in [-0.4, -0.2) is 14.9 Å². The van der Waals surface area contributed by atoms with Crippen LogP contribution in [0.4, 0.5) is 0 Å². The maximum Gasteiger partial charge on any atom is 0.164 e. The molecule has 18 heavy (non-hydrogen) atoms. The van der Waals surface area contributed by atoms with Gasteiger partial charge in [-0.15, -0.1) is 0 Å². The minimum Gasteiger partial charge on any atom is -0.504 e. The van der Waals surface area contributed by atoms with Crippen LogP contribution in [0.3, 0.4) is 0 Å². The Labute approximate surface area is 108 Å². The fraction of sp³-hybridized carbons (Fsp3) is 0.400. The van der Waals surface area contributed by atoms with E-state index in [1.54, 1.807) is 0 Å². The summed E-state index contributed by atoms with van der Waals surface area (Å²) in [6.45, 7) is 7.12. The fourth-order valence-electron chi connectivity index (χ4n) is 2.13. The Balaban J connectivity index is 2.47. The third-order valence-corrected chi connectivity index (χ3v) is 2.98. The molecule has 1 N–H and O–H groups in total. The Kier molecular flexibility index (Phi) is 3.70. The first-order chi connectivity index (χ1) is 8.63. The van der Waals surface area contributed by atoms with Crippen LogP contribution in [0.5, 0.6) is 5.75 Å². The molecule has 1 heterocycles. The standard InChI is InChI=1S/C15H20N2O/c1-4-17-13(10-11(2)3)15(18)14(16-17)12-8-6-5-7-9-12/h5-9,11,18H,4,10H2,1-3H3. The van der Waals surface area contributed by atoms with E-state index in [1.165, 1.54) is 0 Å². The number of rotatable bonds is 4. The SMILES string of the molecule is CCn1nc(-c2ccccc2)c(O)c1CC(C)C. The lowest BCUT2D eigenvalue weighted by molar-refractivity contribution is 0.455. The van der Waals surface area contributed by atoms with Crippen LogP contribution in [-0.2, 0) is 13.0 Å². The van der Waals surface area contributed by atoms with Crippen LogP contribution in [0.2, 0.25) is 0 Å². The van der Waals surface area contributed by atoms with E-state index in [1.807, 2.05) is 41.9 Å². The molecule has 0 saturated heterocycles. The Bertz CT molecular complexity index is 515. The van der Waals surface area contributed by atoms with Crippen molar-refractivity contribution in [3.05, 3.63) is 36.0 Å². The molecule has 2 aromatic rings. The molecule has 0 aliphatic heterocycles. The minimum absolute atomic E-state index is 0.330. The number of aromatic hydroxyl groups is 1. The number of hydrogen-bond acceptors (Lipinski definition) is 2. The molecule has 2 rings (SSSR count). The first-order valence-corrected chi connectivity index (χ1v) is 6.47. The Morgan fingerprint density at radius 3 is 2.44 bits per heavy atom. The van der Waals surface area contributed by atoms with E-state index in [0.717, 1.165) is 24.2 Å². The molecule has 0 saturated carbocycles. The molecular weight excluding hydrogens is 224 g/mol. The van der Waals surface area contributed by atoms with Gasteiger partial charge in [0.05, 0.1) is 5.69 Å². The number of aromatic nitrogens is 2. The van der Waals surface area contributed by atoms with Crippen LogP contribution in [0.25, 0.3) is 11.3 Å². The van der Waals surface area contributed by atoms with E-state index >= 15 is 0 Å². The van der Waals surface area contributed by atoms with Crippen molar-refractivity contribution in [3.63, 3.8) is 0 Å². The second-order valence-electron chi connectivity index (χ2n) is 4.92. The molecule has 96 valence electrons. The molecule has 0 atom stereocenters. The summed E-state index contributed by atoms with van der Waals surface area (Å²) in [5.74, 6) is 0.832. The van der Waals surface area contributed by atoms with E-state index in [0.29, 0.717) is 17.4 Å². The van der Waals surface area contributed by atoms with Crippen molar-refractivity contribution in [2.45, 2.75) is 33.7 Å².